The molecule has 0 aromatic heterocycles. The summed E-state index contributed by atoms with van der Waals surface area (Å²) in [7, 11) is -2.15. The normalized spacial score (nSPS) is 28.6. The van der Waals surface area contributed by atoms with Crippen molar-refractivity contribution in [1.29, 1.82) is 0 Å². The first-order valence-corrected chi connectivity index (χ1v) is 6.18. The molecule has 0 amide bonds. The SMILES string of the molecule is COC(=O)C[C@H]1CS(=O)(=O)C[C@H]1C(=O)O. The van der Waals surface area contributed by atoms with Crippen molar-refractivity contribution in [1.82, 2.24) is 0 Å². The highest BCUT2D eigenvalue weighted by molar-refractivity contribution is 7.91. The quantitative estimate of drug-likeness (QED) is 0.650. The van der Waals surface area contributed by atoms with Crippen molar-refractivity contribution >= 4 is 21.8 Å². The Balaban J connectivity index is 2.78. The number of hydrogen-bond acceptors (Lipinski definition) is 5. The number of aliphatic carboxylic acids is 1. The average molecular weight is 236 g/mol. The van der Waals surface area contributed by atoms with Crippen LogP contribution in [0.5, 0.6) is 0 Å². The van der Waals surface area contributed by atoms with Crippen LogP contribution in [0.3, 0.4) is 0 Å². The van der Waals surface area contributed by atoms with Gasteiger partial charge in [0.05, 0.1) is 31.0 Å². The van der Waals surface area contributed by atoms with E-state index < -0.39 is 33.6 Å². The molecular formula is C8H12O6S. The fourth-order valence-electron chi connectivity index (χ4n) is 1.69. The molecule has 1 saturated heterocycles. The lowest BCUT2D eigenvalue weighted by atomic mass is 9.93. The van der Waals surface area contributed by atoms with E-state index in [1.807, 2.05) is 0 Å². The van der Waals surface area contributed by atoms with Crippen LogP contribution in [-0.4, -0.2) is 44.1 Å². The largest absolute Gasteiger partial charge is 0.481 e. The molecule has 1 aliphatic rings. The third-order valence-electron chi connectivity index (χ3n) is 2.44. The van der Waals surface area contributed by atoms with E-state index in [-0.39, 0.29) is 17.9 Å². The highest BCUT2D eigenvalue weighted by Crippen LogP contribution is 2.28. The van der Waals surface area contributed by atoms with E-state index in [1.54, 1.807) is 0 Å². The molecule has 1 fully saturated rings. The van der Waals surface area contributed by atoms with E-state index in [9.17, 15) is 18.0 Å². The van der Waals surface area contributed by atoms with Gasteiger partial charge >= 0.3 is 11.9 Å². The van der Waals surface area contributed by atoms with Gasteiger partial charge in [0.1, 0.15) is 0 Å². The molecule has 15 heavy (non-hydrogen) atoms. The van der Waals surface area contributed by atoms with E-state index >= 15 is 0 Å². The Labute approximate surface area is 87.1 Å². The molecule has 0 saturated carbocycles. The van der Waals surface area contributed by atoms with Crippen LogP contribution in [-0.2, 0) is 24.2 Å². The summed E-state index contributed by atoms with van der Waals surface area (Å²) in [5.74, 6) is -4.05. The molecule has 0 spiro atoms. The van der Waals surface area contributed by atoms with Crippen molar-refractivity contribution in [2.75, 3.05) is 18.6 Å². The van der Waals surface area contributed by atoms with Gasteiger partial charge in [-0.15, -0.1) is 0 Å². The zero-order valence-electron chi connectivity index (χ0n) is 8.17. The predicted molar refractivity (Wildman–Crippen MR) is 49.9 cm³/mol. The predicted octanol–water partition coefficient (Wildman–Crippen LogP) is -0.705. The molecule has 0 bridgehead atoms. The number of carbonyl (C=O) groups excluding carboxylic acids is 1. The Morgan fingerprint density at radius 1 is 1.40 bits per heavy atom. The Bertz CT molecular complexity index is 371. The van der Waals surface area contributed by atoms with Crippen LogP contribution in [0.15, 0.2) is 0 Å². The molecule has 6 nitrogen and oxygen atoms in total. The molecule has 1 heterocycles. The minimum atomic E-state index is -3.33. The van der Waals surface area contributed by atoms with Gasteiger partial charge in [-0.3, -0.25) is 9.59 Å². The molecule has 0 aromatic carbocycles. The summed E-state index contributed by atoms with van der Waals surface area (Å²) in [5, 5.41) is 8.78. The molecule has 2 atom stereocenters. The number of sulfone groups is 1. The van der Waals surface area contributed by atoms with Crippen LogP contribution in [0.4, 0.5) is 0 Å². The number of carboxylic acid groups (broad SMARTS) is 1. The summed E-state index contributed by atoms with van der Waals surface area (Å²) in [6.45, 7) is 0. The zero-order chi connectivity index (χ0) is 11.6. The Kier molecular flexibility index (Phi) is 3.33. The van der Waals surface area contributed by atoms with Gasteiger partial charge in [-0.2, -0.15) is 0 Å². The number of ether oxygens (including phenoxy) is 1. The standard InChI is InChI=1S/C8H12O6S/c1-14-7(9)2-5-3-15(12,13)4-6(5)8(10)11/h5-6H,2-4H2,1H3,(H,10,11)/t5-,6+/m0/s1. The lowest BCUT2D eigenvalue weighted by Gasteiger charge is -2.11. The van der Waals surface area contributed by atoms with Crippen LogP contribution in [0.1, 0.15) is 6.42 Å². The van der Waals surface area contributed by atoms with Crippen molar-refractivity contribution in [3.05, 3.63) is 0 Å². The fourth-order valence-corrected chi connectivity index (χ4v) is 3.79. The second-order valence-corrected chi connectivity index (χ2v) is 5.72. The van der Waals surface area contributed by atoms with E-state index in [0.29, 0.717) is 0 Å². The zero-order valence-corrected chi connectivity index (χ0v) is 8.99. The van der Waals surface area contributed by atoms with Crippen molar-refractivity contribution in [2.24, 2.45) is 11.8 Å². The number of carboxylic acids is 1. The number of carbonyl (C=O) groups is 2. The second-order valence-electron chi connectivity index (χ2n) is 3.56. The van der Waals surface area contributed by atoms with Gasteiger partial charge in [-0.05, 0) is 5.92 Å². The Hall–Kier alpha value is -1.11. The van der Waals surface area contributed by atoms with Crippen molar-refractivity contribution in [2.45, 2.75) is 6.42 Å². The molecule has 1 aliphatic heterocycles. The van der Waals surface area contributed by atoms with Crippen LogP contribution >= 0.6 is 0 Å². The van der Waals surface area contributed by atoms with Crippen LogP contribution in [0, 0.1) is 11.8 Å². The smallest absolute Gasteiger partial charge is 0.307 e. The minimum Gasteiger partial charge on any atom is -0.481 e. The van der Waals surface area contributed by atoms with Crippen LogP contribution < -0.4 is 0 Å². The summed E-state index contributed by atoms with van der Waals surface area (Å²) in [6.07, 6.45) is -0.160. The Morgan fingerprint density at radius 2 is 2.00 bits per heavy atom. The first-order valence-electron chi connectivity index (χ1n) is 4.36. The molecular weight excluding hydrogens is 224 g/mol. The van der Waals surface area contributed by atoms with Crippen molar-refractivity contribution in [3.63, 3.8) is 0 Å². The first-order chi connectivity index (χ1) is 6.85. The monoisotopic (exact) mass is 236 g/mol. The first kappa shape index (κ1) is 12.0. The molecule has 1 N–H and O–H groups in total. The van der Waals surface area contributed by atoms with Gasteiger partial charge in [0.25, 0.3) is 0 Å². The average Bonchev–Trinajstić information content (AvgIpc) is 2.41. The van der Waals surface area contributed by atoms with E-state index in [0.717, 1.165) is 0 Å². The van der Waals surface area contributed by atoms with Gasteiger partial charge in [0.15, 0.2) is 9.84 Å². The minimum absolute atomic E-state index is 0.160. The molecule has 0 aromatic rings. The molecule has 0 radical (unpaired) electrons. The lowest BCUT2D eigenvalue weighted by molar-refractivity contribution is -0.145. The molecule has 0 aliphatic carbocycles. The maximum Gasteiger partial charge on any atom is 0.307 e. The number of hydrogen-bond donors (Lipinski definition) is 1. The molecule has 1 rings (SSSR count). The number of esters is 1. The van der Waals surface area contributed by atoms with E-state index in [2.05, 4.69) is 4.74 Å². The van der Waals surface area contributed by atoms with Gasteiger partial charge in [-0.1, -0.05) is 0 Å². The maximum atomic E-state index is 11.2. The van der Waals surface area contributed by atoms with E-state index in [4.69, 9.17) is 5.11 Å². The third kappa shape index (κ3) is 2.92. The molecule has 86 valence electrons. The summed E-state index contributed by atoms with van der Waals surface area (Å²) < 4.78 is 26.8. The third-order valence-corrected chi connectivity index (χ3v) is 4.25. The number of methoxy groups -OCH3 is 1. The van der Waals surface area contributed by atoms with Gasteiger partial charge in [0.2, 0.25) is 0 Å². The number of rotatable bonds is 3. The molecule has 7 heteroatoms. The highest BCUT2D eigenvalue weighted by Gasteiger charge is 2.42. The Morgan fingerprint density at radius 3 is 2.47 bits per heavy atom. The second kappa shape index (κ2) is 4.18. The van der Waals surface area contributed by atoms with E-state index in [1.165, 1.54) is 7.11 Å². The topological polar surface area (TPSA) is 97.7 Å². The maximum absolute atomic E-state index is 11.2. The fraction of sp³-hybridized carbons (Fsp3) is 0.750. The highest BCUT2D eigenvalue weighted by atomic mass is 32.2. The summed E-state index contributed by atoms with van der Waals surface area (Å²) in [6, 6.07) is 0. The van der Waals surface area contributed by atoms with Crippen molar-refractivity contribution in [3.8, 4) is 0 Å². The van der Waals surface area contributed by atoms with Crippen LogP contribution in [0.25, 0.3) is 0 Å². The van der Waals surface area contributed by atoms with Crippen molar-refractivity contribution < 1.29 is 27.9 Å². The summed E-state index contributed by atoms with van der Waals surface area (Å²) >= 11 is 0. The summed E-state index contributed by atoms with van der Waals surface area (Å²) in [5.41, 5.74) is 0. The summed E-state index contributed by atoms with van der Waals surface area (Å²) in [4.78, 5) is 21.7. The van der Waals surface area contributed by atoms with Crippen LogP contribution in [0.2, 0.25) is 0 Å². The van der Waals surface area contributed by atoms with Gasteiger partial charge in [-0.25, -0.2) is 8.42 Å². The molecule has 0 unspecified atom stereocenters. The van der Waals surface area contributed by atoms with Gasteiger partial charge in [0, 0.05) is 0 Å². The lowest BCUT2D eigenvalue weighted by Crippen LogP contribution is -2.24. The van der Waals surface area contributed by atoms with Gasteiger partial charge < -0.3 is 9.84 Å².